The maximum absolute atomic E-state index is 12.7. The number of nitriles is 1. The predicted molar refractivity (Wildman–Crippen MR) is 50.8 cm³/mol. The Morgan fingerprint density at radius 2 is 1.79 bits per heavy atom. The minimum absolute atomic E-state index is 0. The van der Waals surface area contributed by atoms with Crippen LogP contribution < -0.4 is 5.73 Å². The van der Waals surface area contributed by atoms with Gasteiger partial charge in [0.1, 0.15) is 11.6 Å². The highest BCUT2D eigenvalue weighted by Crippen LogP contribution is 2.16. The van der Waals surface area contributed by atoms with Crippen molar-refractivity contribution in [1.82, 2.24) is 0 Å². The summed E-state index contributed by atoms with van der Waals surface area (Å²) in [6, 6.07) is 4.23. The second kappa shape index (κ2) is 5.53. The van der Waals surface area contributed by atoms with Crippen LogP contribution >= 0.6 is 12.4 Å². The zero-order valence-electron chi connectivity index (χ0n) is 7.21. The van der Waals surface area contributed by atoms with Crippen LogP contribution in [0.15, 0.2) is 18.2 Å². The summed E-state index contributed by atoms with van der Waals surface area (Å²) in [5.74, 6) is -1.35. The fraction of sp³-hybridized carbons (Fsp3) is 0.222. The van der Waals surface area contributed by atoms with Crippen LogP contribution in [0, 0.1) is 23.0 Å². The van der Waals surface area contributed by atoms with E-state index in [1.165, 1.54) is 0 Å². The third kappa shape index (κ3) is 3.29. The Kier molecular flexibility index (Phi) is 5.06. The van der Waals surface area contributed by atoms with Gasteiger partial charge in [0.15, 0.2) is 0 Å². The molecular weight excluding hydrogens is 210 g/mol. The Balaban J connectivity index is 0.00000169. The van der Waals surface area contributed by atoms with Crippen molar-refractivity contribution in [3.8, 4) is 6.07 Å². The van der Waals surface area contributed by atoms with Gasteiger partial charge in [-0.3, -0.25) is 0 Å². The van der Waals surface area contributed by atoms with Crippen LogP contribution in [0.1, 0.15) is 18.0 Å². The minimum Gasteiger partial charge on any atom is -0.323 e. The summed E-state index contributed by atoms with van der Waals surface area (Å²) in [7, 11) is 0. The Morgan fingerprint density at radius 3 is 2.21 bits per heavy atom. The maximum atomic E-state index is 12.7. The summed E-state index contributed by atoms with van der Waals surface area (Å²) in [6.45, 7) is 0. The second-order valence-corrected chi connectivity index (χ2v) is 2.67. The minimum atomic E-state index is -0.677. The molecule has 0 aliphatic rings. The van der Waals surface area contributed by atoms with E-state index in [1.807, 2.05) is 6.07 Å². The van der Waals surface area contributed by atoms with Crippen molar-refractivity contribution in [3.05, 3.63) is 35.4 Å². The Hall–Kier alpha value is -1.18. The first kappa shape index (κ1) is 12.8. The first-order chi connectivity index (χ1) is 6.13. The van der Waals surface area contributed by atoms with Crippen molar-refractivity contribution in [2.24, 2.45) is 5.73 Å². The standard InChI is InChI=1S/C9H8F2N2.ClH/c10-7-3-6(4-8(11)5-7)9(13)1-2-12;/h3-5,9H,1,13H2;1H/t9-;/m0./s1. The normalized spacial score (nSPS) is 11.3. The number of nitrogens with zero attached hydrogens (tertiary/aromatic N) is 1. The van der Waals surface area contributed by atoms with Gasteiger partial charge in [-0.2, -0.15) is 5.26 Å². The SMILES string of the molecule is Cl.N#CC[C@H](N)c1cc(F)cc(F)c1. The number of hydrogen-bond acceptors (Lipinski definition) is 2. The maximum Gasteiger partial charge on any atom is 0.126 e. The van der Waals surface area contributed by atoms with E-state index in [2.05, 4.69) is 0 Å². The van der Waals surface area contributed by atoms with Gasteiger partial charge in [-0.15, -0.1) is 12.4 Å². The molecule has 76 valence electrons. The largest absolute Gasteiger partial charge is 0.323 e. The predicted octanol–water partition coefficient (Wildman–Crippen LogP) is 2.30. The first-order valence-corrected chi connectivity index (χ1v) is 3.72. The fourth-order valence-electron chi connectivity index (χ4n) is 1.01. The lowest BCUT2D eigenvalue weighted by Crippen LogP contribution is -2.09. The molecule has 0 bridgehead atoms. The van der Waals surface area contributed by atoms with Crippen molar-refractivity contribution in [1.29, 1.82) is 5.26 Å². The van der Waals surface area contributed by atoms with Gasteiger partial charge in [-0.1, -0.05) is 0 Å². The molecule has 14 heavy (non-hydrogen) atoms. The average Bonchev–Trinajstić information content (AvgIpc) is 2.03. The zero-order chi connectivity index (χ0) is 9.84. The Morgan fingerprint density at radius 1 is 1.29 bits per heavy atom. The number of nitrogens with two attached hydrogens (primary N) is 1. The van der Waals surface area contributed by atoms with Gasteiger partial charge in [0.25, 0.3) is 0 Å². The van der Waals surface area contributed by atoms with Crippen molar-refractivity contribution >= 4 is 12.4 Å². The Labute approximate surface area is 86.7 Å². The number of rotatable bonds is 2. The highest BCUT2D eigenvalue weighted by Gasteiger charge is 2.08. The summed E-state index contributed by atoms with van der Waals surface area (Å²) in [4.78, 5) is 0. The smallest absolute Gasteiger partial charge is 0.126 e. The molecule has 2 N–H and O–H groups in total. The molecule has 0 saturated heterocycles. The topological polar surface area (TPSA) is 49.8 Å². The molecule has 0 saturated carbocycles. The van der Waals surface area contributed by atoms with Crippen LogP contribution in [0.4, 0.5) is 8.78 Å². The summed E-state index contributed by atoms with van der Waals surface area (Å²) in [5.41, 5.74) is 5.79. The molecule has 0 unspecified atom stereocenters. The van der Waals surface area contributed by atoms with Crippen LogP contribution in [-0.2, 0) is 0 Å². The molecule has 0 heterocycles. The number of benzene rings is 1. The third-order valence-corrected chi connectivity index (χ3v) is 1.62. The molecule has 2 nitrogen and oxygen atoms in total. The fourth-order valence-corrected chi connectivity index (χ4v) is 1.01. The highest BCUT2D eigenvalue weighted by molar-refractivity contribution is 5.85. The molecule has 5 heteroatoms. The van der Waals surface area contributed by atoms with E-state index in [9.17, 15) is 8.78 Å². The van der Waals surface area contributed by atoms with E-state index >= 15 is 0 Å². The summed E-state index contributed by atoms with van der Waals surface area (Å²) in [6.07, 6.45) is 0.0445. The quantitative estimate of drug-likeness (QED) is 0.828. The second-order valence-electron chi connectivity index (χ2n) is 2.67. The van der Waals surface area contributed by atoms with Gasteiger partial charge in [0.2, 0.25) is 0 Å². The van der Waals surface area contributed by atoms with E-state index in [1.54, 1.807) is 0 Å². The summed E-state index contributed by atoms with van der Waals surface area (Å²) >= 11 is 0. The van der Waals surface area contributed by atoms with Gasteiger partial charge in [0, 0.05) is 12.1 Å². The molecule has 0 radical (unpaired) electrons. The Bertz CT molecular complexity index is 329. The van der Waals surface area contributed by atoms with E-state index in [0.717, 1.165) is 18.2 Å². The van der Waals surface area contributed by atoms with Gasteiger partial charge < -0.3 is 5.73 Å². The summed E-state index contributed by atoms with van der Waals surface area (Å²) < 4.78 is 25.3. The van der Waals surface area contributed by atoms with Crippen molar-refractivity contribution < 1.29 is 8.78 Å². The molecule has 1 atom stereocenters. The van der Waals surface area contributed by atoms with Gasteiger partial charge >= 0.3 is 0 Å². The van der Waals surface area contributed by atoms with Crippen LogP contribution in [0.2, 0.25) is 0 Å². The van der Waals surface area contributed by atoms with Gasteiger partial charge in [-0.05, 0) is 17.7 Å². The monoisotopic (exact) mass is 218 g/mol. The lowest BCUT2D eigenvalue weighted by molar-refractivity contribution is 0.574. The van der Waals surface area contributed by atoms with Gasteiger partial charge in [-0.25, -0.2) is 8.78 Å². The molecule has 0 spiro atoms. The molecule has 1 aromatic carbocycles. The van der Waals surface area contributed by atoms with Crippen LogP contribution in [-0.4, -0.2) is 0 Å². The lowest BCUT2D eigenvalue weighted by atomic mass is 10.1. The van der Waals surface area contributed by atoms with Crippen molar-refractivity contribution in [2.75, 3.05) is 0 Å². The zero-order valence-corrected chi connectivity index (χ0v) is 8.02. The van der Waals surface area contributed by atoms with E-state index in [-0.39, 0.29) is 18.8 Å². The molecule has 1 rings (SSSR count). The average molecular weight is 219 g/mol. The van der Waals surface area contributed by atoms with Crippen LogP contribution in [0.25, 0.3) is 0 Å². The van der Waals surface area contributed by atoms with E-state index < -0.39 is 17.7 Å². The number of halogens is 3. The third-order valence-electron chi connectivity index (χ3n) is 1.62. The van der Waals surface area contributed by atoms with E-state index in [4.69, 9.17) is 11.0 Å². The molecule has 0 amide bonds. The van der Waals surface area contributed by atoms with Crippen LogP contribution in [0.5, 0.6) is 0 Å². The molecule has 1 aromatic rings. The molecular formula is C9H9ClF2N2. The highest BCUT2D eigenvalue weighted by atomic mass is 35.5. The molecule has 0 aliphatic carbocycles. The molecule has 0 aromatic heterocycles. The van der Waals surface area contributed by atoms with Crippen LogP contribution in [0.3, 0.4) is 0 Å². The van der Waals surface area contributed by atoms with Gasteiger partial charge in [0.05, 0.1) is 12.5 Å². The molecule has 0 aliphatic heterocycles. The summed E-state index contributed by atoms with van der Waals surface area (Å²) in [5, 5.41) is 8.32. The molecule has 0 fully saturated rings. The van der Waals surface area contributed by atoms with Crippen molar-refractivity contribution in [3.63, 3.8) is 0 Å². The first-order valence-electron chi connectivity index (χ1n) is 3.72. The number of hydrogen-bond donors (Lipinski definition) is 1. The lowest BCUT2D eigenvalue weighted by Gasteiger charge is -2.07. The van der Waals surface area contributed by atoms with Crippen molar-refractivity contribution in [2.45, 2.75) is 12.5 Å². The van der Waals surface area contributed by atoms with E-state index in [0.29, 0.717) is 5.56 Å².